The molecule has 4 rings (SSSR count). The zero-order valence-electron chi connectivity index (χ0n) is 16.5. The van der Waals surface area contributed by atoms with Crippen LogP contribution in [0, 0.1) is 5.92 Å². The van der Waals surface area contributed by atoms with Gasteiger partial charge in [0.25, 0.3) is 5.91 Å². The Morgan fingerprint density at radius 3 is 2.21 bits per heavy atom. The summed E-state index contributed by atoms with van der Waals surface area (Å²) in [5, 5.41) is 1.06. The first-order chi connectivity index (χ1) is 13.6. The smallest absolute Gasteiger partial charge is 0.271 e. The van der Waals surface area contributed by atoms with E-state index in [1.54, 1.807) is 0 Å². The summed E-state index contributed by atoms with van der Waals surface area (Å²) in [5.74, 6) is 0.420. The fourth-order valence-electron chi connectivity index (χ4n) is 4.61. The van der Waals surface area contributed by atoms with Crippen LogP contribution in [0.4, 0.5) is 0 Å². The number of hydrogen-bond acceptors (Lipinski definition) is 2. The number of benzene rings is 1. The highest BCUT2D eigenvalue weighted by atomic mass is 79.9. The molecule has 6 heteroatoms. The van der Waals surface area contributed by atoms with Crippen molar-refractivity contribution in [3.05, 3.63) is 34.4 Å². The predicted octanol–water partition coefficient (Wildman–Crippen LogP) is 4.20. The summed E-state index contributed by atoms with van der Waals surface area (Å²) in [6.45, 7) is 3.11. The molecule has 2 fully saturated rings. The number of piperidine rings is 1. The lowest BCUT2D eigenvalue weighted by atomic mass is 9.95. The van der Waals surface area contributed by atoms with Crippen LogP contribution < -0.4 is 0 Å². The maximum Gasteiger partial charge on any atom is 0.271 e. The molecule has 0 saturated carbocycles. The normalized spacial score (nSPS) is 19.1. The van der Waals surface area contributed by atoms with Gasteiger partial charge in [-0.15, -0.1) is 0 Å². The lowest BCUT2D eigenvalue weighted by Gasteiger charge is -2.34. The molecule has 2 aromatic rings. The number of para-hydroxylation sites is 1. The Labute approximate surface area is 174 Å². The molecule has 0 unspecified atom stereocenters. The average Bonchev–Trinajstić information content (AvgIpc) is 2.91. The second kappa shape index (κ2) is 8.27. The van der Waals surface area contributed by atoms with Gasteiger partial charge in [0, 0.05) is 50.0 Å². The monoisotopic (exact) mass is 445 g/mol. The molecule has 2 saturated heterocycles. The number of amides is 2. The minimum atomic E-state index is 0.0475. The van der Waals surface area contributed by atoms with Gasteiger partial charge in [-0.05, 0) is 47.7 Å². The van der Waals surface area contributed by atoms with Crippen molar-refractivity contribution in [2.75, 3.05) is 26.2 Å². The van der Waals surface area contributed by atoms with Crippen LogP contribution in [0.2, 0.25) is 0 Å². The molecule has 0 aliphatic carbocycles. The van der Waals surface area contributed by atoms with Gasteiger partial charge in [-0.3, -0.25) is 9.59 Å². The number of rotatable bonds is 2. The van der Waals surface area contributed by atoms with E-state index in [2.05, 4.69) is 20.8 Å². The zero-order chi connectivity index (χ0) is 19.7. The predicted molar refractivity (Wildman–Crippen MR) is 114 cm³/mol. The van der Waals surface area contributed by atoms with Gasteiger partial charge in [0.2, 0.25) is 5.91 Å². The average molecular weight is 446 g/mol. The van der Waals surface area contributed by atoms with Crippen molar-refractivity contribution in [2.45, 2.75) is 38.5 Å². The van der Waals surface area contributed by atoms with Gasteiger partial charge in [-0.25, -0.2) is 0 Å². The van der Waals surface area contributed by atoms with Crippen molar-refractivity contribution in [1.29, 1.82) is 0 Å². The molecule has 0 spiro atoms. The number of fused-ring (bicyclic) bond motifs is 1. The molecule has 5 nitrogen and oxygen atoms in total. The molecule has 0 bridgehead atoms. The number of likely N-dealkylation sites (tertiary alicyclic amines) is 2. The first-order valence-corrected chi connectivity index (χ1v) is 11.2. The van der Waals surface area contributed by atoms with E-state index in [0.717, 1.165) is 54.1 Å². The second-order valence-corrected chi connectivity index (χ2v) is 8.84. The minimum absolute atomic E-state index is 0.0475. The van der Waals surface area contributed by atoms with Crippen LogP contribution in [0.15, 0.2) is 28.7 Å². The Bertz CT molecular complexity index is 836. The molecule has 0 N–H and O–H groups in total. The molecule has 2 aliphatic heterocycles. The second-order valence-electron chi connectivity index (χ2n) is 8.04. The maximum absolute atomic E-state index is 13.2. The van der Waals surface area contributed by atoms with E-state index in [-0.39, 0.29) is 11.8 Å². The Morgan fingerprint density at radius 2 is 1.57 bits per heavy atom. The van der Waals surface area contributed by atoms with E-state index in [9.17, 15) is 9.59 Å². The van der Waals surface area contributed by atoms with Crippen molar-refractivity contribution in [1.82, 2.24) is 14.4 Å². The third-order valence-electron chi connectivity index (χ3n) is 6.30. The molecule has 28 heavy (non-hydrogen) atoms. The van der Waals surface area contributed by atoms with Crippen molar-refractivity contribution >= 4 is 38.6 Å². The van der Waals surface area contributed by atoms with Crippen LogP contribution in [0.3, 0.4) is 0 Å². The quantitative estimate of drug-likeness (QED) is 0.695. The third-order valence-corrected chi connectivity index (χ3v) is 7.10. The Morgan fingerprint density at radius 1 is 0.929 bits per heavy atom. The summed E-state index contributed by atoms with van der Waals surface area (Å²) in [7, 11) is 1.94. The van der Waals surface area contributed by atoms with Crippen LogP contribution in [0.25, 0.3) is 10.9 Å². The Kier molecular flexibility index (Phi) is 5.76. The summed E-state index contributed by atoms with van der Waals surface area (Å²) in [6, 6.07) is 8.04. The fourth-order valence-corrected chi connectivity index (χ4v) is 5.38. The van der Waals surface area contributed by atoms with Gasteiger partial charge >= 0.3 is 0 Å². The van der Waals surface area contributed by atoms with E-state index in [1.165, 1.54) is 12.8 Å². The molecule has 0 radical (unpaired) electrons. The maximum atomic E-state index is 13.2. The standard InChI is InChI=1S/C22H28BrN3O2/c1-24-18-9-5-4-8-17(18)19(23)20(24)22(28)26-14-10-16(11-15-26)21(27)25-12-6-2-3-7-13-25/h4-5,8-9,16H,2-3,6-7,10-15H2,1H3. The lowest BCUT2D eigenvalue weighted by Crippen LogP contribution is -2.45. The van der Waals surface area contributed by atoms with Gasteiger partial charge in [-0.1, -0.05) is 31.0 Å². The molecule has 3 heterocycles. The topological polar surface area (TPSA) is 45.6 Å². The van der Waals surface area contributed by atoms with Crippen LogP contribution in [-0.4, -0.2) is 52.4 Å². The number of halogens is 1. The zero-order valence-corrected chi connectivity index (χ0v) is 18.1. The number of carbonyl (C=O) groups excluding carboxylic acids is 2. The molecule has 150 valence electrons. The number of nitrogens with zero attached hydrogens (tertiary/aromatic N) is 3. The van der Waals surface area contributed by atoms with E-state index >= 15 is 0 Å². The van der Waals surface area contributed by atoms with Crippen LogP contribution in [0.1, 0.15) is 49.0 Å². The Balaban J connectivity index is 1.44. The van der Waals surface area contributed by atoms with Crippen molar-refractivity contribution in [3.8, 4) is 0 Å². The minimum Gasteiger partial charge on any atom is -0.342 e. The van der Waals surface area contributed by atoms with Crippen molar-refractivity contribution < 1.29 is 9.59 Å². The van der Waals surface area contributed by atoms with Gasteiger partial charge in [0.05, 0.1) is 4.47 Å². The largest absolute Gasteiger partial charge is 0.342 e. The highest BCUT2D eigenvalue weighted by Crippen LogP contribution is 2.32. The SMILES string of the molecule is Cn1c(C(=O)N2CCC(C(=O)N3CCCCCC3)CC2)c(Br)c2ccccc21. The number of aromatic nitrogens is 1. The molecular formula is C22H28BrN3O2. The summed E-state index contributed by atoms with van der Waals surface area (Å²) in [6.07, 6.45) is 6.24. The summed E-state index contributed by atoms with van der Waals surface area (Å²) >= 11 is 3.64. The Hall–Kier alpha value is -1.82. The highest BCUT2D eigenvalue weighted by Gasteiger charge is 2.32. The van der Waals surface area contributed by atoms with Gasteiger partial charge < -0.3 is 14.4 Å². The summed E-state index contributed by atoms with van der Waals surface area (Å²) in [4.78, 5) is 30.1. The van der Waals surface area contributed by atoms with Gasteiger partial charge in [-0.2, -0.15) is 0 Å². The van der Waals surface area contributed by atoms with Crippen LogP contribution in [0.5, 0.6) is 0 Å². The van der Waals surface area contributed by atoms with E-state index in [4.69, 9.17) is 0 Å². The highest BCUT2D eigenvalue weighted by molar-refractivity contribution is 9.10. The molecular weight excluding hydrogens is 418 g/mol. The van der Waals surface area contributed by atoms with Gasteiger partial charge in [0.15, 0.2) is 0 Å². The first kappa shape index (κ1) is 19.5. The molecule has 2 aliphatic rings. The fraction of sp³-hybridized carbons (Fsp3) is 0.545. The number of aryl methyl sites for hydroxylation is 1. The lowest BCUT2D eigenvalue weighted by molar-refractivity contribution is -0.136. The molecule has 1 aromatic carbocycles. The van der Waals surface area contributed by atoms with Crippen molar-refractivity contribution in [3.63, 3.8) is 0 Å². The van der Waals surface area contributed by atoms with Gasteiger partial charge in [0.1, 0.15) is 5.69 Å². The van der Waals surface area contributed by atoms with E-state index < -0.39 is 0 Å². The summed E-state index contributed by atoms with van der Waals surface area (Å²) in [5.41, 5.74) is 1.74. The van der Waals surface area contributed by atoms with Crippen LogP contribution in [-0.2, 0) is 11.8 Å². The molecule has 1 aromatic heterocycles. The third kappa shape index (κ3) is 3.59. The summed E-state index contributed by atoms with van der Waals surface area (Å²) < 4.78 is 2.83. The molecule has 0 atom stereocenters. The van der Waals surface area contributed by atoms with E-state index in [1.807, 2.05) is 40.8 Å². The first-order valence-electron chi connectivity index (χ1n) is 10.4. The number of hydrogen-bond donors (Lipinski definition) is 0. The molecule has 2 amide bonds. The van der Waals surface area contributed by atoms with Crippen LogP contribution >= 0.6 is 15.9 Å². The number of carbonyl (C=O) groups is 2. The van der Waals surface area contributed by atoms with Crippen molar-refractivity contribution in [2.24, 2.45) is 13.0 Å². The van der Waals surface area contributed by atoms with E-state index in [0.29, 0.717) is 24.7 Å².